The zero-order valence-corrected chi connectivity index (χ0v) is 8.95. The van der Waals surface area contributed by atoms with Crippen LogP contribution in [-0.2, 0) is 0 Å². The van der Waals surface area contributed by atoms with Crippen LogP contribution in [0.5, 0.6) is 16.7 Å². The minimum atomic E-state index is 0.470. The molecule has 5 heteroatoms. The molecule has 0 fully saturated rings. The highest BCUT2D eigenvalue weighted by molar-refractivity contribution is 7.11. The Bertz CT molecular complexity index is 456. The van der Waals surface area contributed by atoms with Gasteiger partial charge in [0.15, 0.2) is 0 Å². The predicted octanol–water partition coefficient (Wildman–Crippen LogP) is 2.53. The number of nitrogens with two attached hydrogens (primary N) is 1. The topological polar surface area (TPSA) is 57.4 Å². The first-order valence-corrected chi connectivity index (χ1v) is 5.19. The van der Waals surface area contributed by atoms with Gasteiger partial charge in [0.05, 0.1) is 7.11 Å². The highest BCUT2D eigenvalue weighted by Crippen LogP contribution is 2.27. The molecule has 0 saturated carbocycles. The van der Waals surface area contributed by atoms with Gasteiger partial charge in [-0.05, 0) is 12.1 Å². The third-order valence-corrected chi connectivity index (χ3v) is 2.48. The maximum atomic E-state index is 5.49. The fourth-order valence-electron chi connectivity index (χ4n) is 1.08. The van der Waals surface area contributed by atoms with E-state index in [2.05, 4.69) is 4.98 Å². The Balaban J connectivity index is 2.16. The van der Waals surface area contributed by atoms with Crippen LogP contribution >= 0.6 is 11.3 Å². The van der Waals surface area contributed by atoms with Crippen molar-refractivity contribution in [1.82, 2.24) is 4.98 Å². The number of thiazole rings is 1. The third-order valence-electron chi connectivity index (χ3n) is 1.75. The van der Waals surface area contributed by atoms with Crippen molar-refractivity contribution >= 4 is 17.2 Å². The van der Waals surface area contributed by atoms with E-state index in [0.29, 0.717) is 16.8 Å². The minimum Gasteiger partial charge on any atom is -0.497 e. The van der Waals surface area contributed by atoms with Crippen molar-refractivity contribution in [1.29, 1.82) is 0 Å². The van der Waals surface area contributed by atoms with Gasteiger partial charge in [0.25, 0.3) is 5.19 Å². The monoisotopic (exact) mass is 222 g/mol. The van der Waals surface area contributed by atoms with Crippen LogP contribution in [0.2, 0.25) is 0 Å². The van der Waals surface area contributed by atoms with Gasteiger partial charge in [-0.25, -0.2) is 0 Å². The molecule has 0 unspecified atom stereocenters. The molecule has 0 bridgehead atoms. The largest absolute Gasteiger partial charge is 0.497 e. The molecule has 15 heavy (non-hydrogen) atoms. The molecule has 0 aliphatic carbocycles. The molecular formula is C10H10N2O2S. The maximum absolute atomic E-state index is 5.49. The van der Waals surface area contributed by atoms with Gasteiger partial charge in [-0.1, -0.05) is 17.4 Å². The number of methoxy groups -OCH3 is 1. The third kappa shape index (κ3) is 2.38. The lowest BCUT2D eigenvalue weighted by Crippen LogP contribution is -1.87. The Morgan fingerprint density at radius 2 is 2.13 bits per heavy atom. The number of ether oxygens (including phenoxy) is 2. The molecule has 1 aromatic carbocycles. The van der Waals surface area contributed by atoms with E-state index in [-0.39, 0.29) is 0 Å². The fourth-order valence-corrected chi connectivity index (χ4v) is 1.66. The van der Waals surface area contributed by atoms with E-state index in [1.165, 1.54) is 11.3 Å². The second-order valence-electron chi connectivity index (χ2n) is 2.82. The molecule has 2 aromatic rings. The standard InChI is InChI=1S/C10H10N2O2S/c1-13-7-3-2-4-8(5-7)14-10-12-9(11)6-15-10/h2-6H,11H2,1H3. The predicted molar refractivity (Wildman–Crippen MR) is 59.6 cm³/mol. The van der Waals surface area contributed by atoms with Crippen LogP contribution in [-0.4, -0.2) is 12.1 Å². The van der Waals surface area contributed by atoms with Gasteiger partial charge >= 0.3 is 0 Å². The number of hydrogen-bond donors (Lipinski definition) is 1. The van der Waals surface area contributed by atoms with Gasteiger partial charge < -0.3 is 15.2 Å². The van der Waals surface area contributed by atoms with Gasteiger partial charge in [-0.3, -0.25) is 0 Å². The van der Waals surface area contributed by atoms with Crippen molar-refractivity contribution in [3.05, 3.63) is 29.6 Å². The molecule has 1 heterocycles. The highest BCUT2D eigenvalue weighted by atomic mass is 32.1. The number of nitrogen functional groups attached to an aromatic ring is 1. The Morgan fingerprint density at radius 1 is 1.33 bits per heavy atom. The van der Waals surface area contributed by atoms with E-state index in [9.17, 15) is 0 Å². The van der Waals surface area contributed by atoms with Crippen LogP contribution in [0, 0.1) is 0 Å². The van der Waals surface area contributed by atoms with Crippen molar-refractivity contribution in [3.63, 3.8) is 0 Å². The van der Waals surface area contributed by atoms with E-state index in [1.807, 2.05) is 18.2 Å². The zero-order valence-electron chi connectivity index (χ0n) is 8.14. The molecule has 0 aliphatic heterocycles. The van der Waals surface area contributed by atoms with Crippen LogP contribution in [0.15, 0.2) is 29.6 Å². The quantitative estimate of drug-likeness (QED) is 0.867. The number of hydrogen-bond acceptors (Lipinski definition) is 5. The summed E-state index contributed by atoms with van der Waals surface area (Å²) < 4.78 is 10.6. The molecule has 0 saturated heterocycles. The second-order valence-corrected chi connectivity index (χ2v) is 3.64. The van der Waals surface area contributed by atoms with E-state index in [4.69, 9.17) is 15.2 Å². The Kier molecular flexibility index (Phi) is 2.73. The summed E-state index contributed by atoms with van der Waals surface area (Å²) in [6, 6.07) is 7.33. The molecule has 78 valence electrons. The first-order chi connectivity index (χ1) is 7.28. The van der Waals surface area contributed by atoms with Crippen molar-refractivity contribution in [2.24, 2.45) is 0 Å². The fraction of sp³-hybridized carbons (Fsp3) is 0.100. The van der Waals surface area contributed by atoms with Crippen molar-refractivity contribution in [2.45, 2.75) is 0 Å². The van der Waals surface area contributed by atoms with E-state index >= 15 is 0 Å². The van der Waals surface area contributed by atoms with E-state index < -0.39 is 0 Å². The van der Waals surface area contributed by atoms with Crippen LogP contribution in [0.25, 0.3) is 0 Å². The minimum absolute atomic E-state index is 0.470. The van der Waals surface area contributed by atoms with Gasteiger partial charge in [0.2, 0.25) is 0 Å². The Labute approximate surface area is 91.3 Å². The van der Waals surface area contributed by atoms with Crippen LogP contribution in [0.3, 0.4) is 0 Å². The molecule has 0 spiro atoms. The Hall–Kier alpha value is -1.75. The number of rotatable bonds is 3. The maximum Gasteiger partial charge on any atom is 0.280 e. The normalized spacial score (nSPS) is 9.93. The summed E-state index contributed by atoms with van der Waals surface area (Å²) in [5.41, 5.74) is 5.48. The van der Waals surface area contributed by atoms with Gasteiger partial charge in [0.1, 0.15) is 17.3 Å². The second kappa shape index (κ2) is 4.18. The molecule has 4 nitrogen and oxygen atoms in total. The van der Waals surface area contributed by atoms with Crippen LogP contribution in [0.1, 0.15) is 0 Å². The summed E-state index contributed by atoms with van der Waals surface area (Å²) in [5, 5.41) is 2.26. The number of anilines is 1. The smallest absolute Gasteiger partial charge is 0.280 e. The average Bonchev–Trinajstić information content (AvgIpc) is 2.64. The van der Waals surface area contributed by atoms with Crippen molar-refractivity contribution < 1.29 is 9.47 Å². The van der Waals surface area contributed by atoms with Crippen LogP contribution in [0.4, 0.5) is 5.82 Å². The average molecular weight is 222 g/mol. The number of nitrogens with zero attached hydrogens (tertiary/aromatic N) is 1. The summed E-state index contributed by atoms with van der Waals surface area (Å²) in [6.45, 7) is 0. The zero-order chi connectivity index (χ0) is 10.7. The van der Waals surface area contributed by atoms with Gasteiger partial charge in [-0.15, -0.1) is 0 Å². The molecule has 2 rings (SSSR count). The lowest BCUT2D eigenvalue weighted by atomic mass is 10.3. The Morgan fingerprint density at radius 3 is 2.80 bits per heavy atom. The summed E-state index contributed by atoms with van der Waals surface area (Å²) >= 11 is 1.36. The van der Waals surface area contributed by atoms with E-state index in [1.54, 1.807) is 18.6 Å². The van der Waals surface area contributed by atoms with Crippen molar-refractivity contribution in [3.8, 4) is 16.7 Å². The summed E-state index contributed by atoms with van der Waals surface area (Å²) in [5.74, 6) is 1.90. The number of aromatic nitrogens is 1. The highest BCUT2D eigenvalue weighted by Gasteiger charge is 2.02. The molecule has 0 amide bonds. The molecule has 0 aliphatic rings. The summed E-state index contributed by atoms with van der Waals surface area (Å²) in [4.78, 5) is 3.99. The first kappa shape index (κ1) is 9.79. The lowest BCUT2D eigenvalue weighted by Gasteiger charge is -2.03. The molecule has 0 atom stereocenters. The molecule has 0 radical (unpaired) electrons. The summed E-state index contributed by atoms with van der Waals surface area (Å²) in [7, 11) is 1.61. The van der Waals surface area contributed by atoms with Gasteiger partial charge in [0, 0.05) is 11.4 Å². The SMILES string of the molecule is COc1cccc(Oc2nc(N)cs2)c1. The first-order valence-electron chi connectivity index (χ1n) is 4.31. The molecule has 2 N–H and O–H groups in total. The lowest BCUT2D eigenvalue weighted by molar-refractivity contribution is 0.409. The summed E-state index contributed by atoms with van der Waals surface area (Å²) in [6.07, 6.45) is 0. The molecular weight excluding hydrogens is 212 g/mol. The van der Waals surface area contributed by atoms with E-state index in [0.717, 1.165) is 5.75 Å². The van der Waals surface area contributed by atoms with Crippen LogP contribution < -0.4 is 15.2 Å². The van der Waals surface area contributed by atoms with Crippen molar-refractivity contribution in [2.75, 3.05) is 12.8 Å². The van der Waals surface area contributed by atoms with Gasteiger partial charge in [-0.2, -0.15) is 4.98 Å². The molecule has 1 aromatic heterocycles. The number of benzene rings is 1.